The van der Waals surface area contributed by atoms with Gasteiger partial charge in [0, 0.05) is 0 Å². The van der Waals surface area contributed by atoms with Crippen LogP contribution in [-0.4, -0.2) is 11.7 Å². The Labute approximate surface area is 99.6 Å². The van der Waals surface area contributed by atoms with Crippen LogP contribution in [-0.2, 0) is 6.42 Å². The van der Waals surface area contributed by atoms with E-state index in [2.05, 4.69) is 35.8 Å². The first-order valence-corrected chi connectivity index (χ1v) is 6.10. The maximum atomic E-state index is 9.93. The average molecular weight is 272 g/mol. The molecule has 1 aromatic rings. The lowest BCUT2D eigenvalue weighted by Gasteiger charge is -2.15. The Bertz CT molecular complexity index is 339. The smallest absolute Gasteiger partial charge is 0.133 e. The summed E-state index contributed by atoms with van der Waals surface area (Å²) in [5.74, 6) is 0.658. The van der Waals surface area contributed by atoms with Gasteiger partial charge in [-0.15, -0.1) is 0 Å². The molecular formula is C12H18BrNO. The first kappa shape index (κ1) is 12.5. The molecule has 15 heavy (non-hydrogen) atoms. The highest BCUT2D eigenvalue weighted by molar-refractivity contribution is 9.10. The maximum absolute atomic E-state index is 9.93. The van der Waals surface area contributed by atoms with Crippen LogP contribution in [0.5, 0.6) is 5.75 Å². The van der Waals surface area contributed by atoms with Crippen molar-refractivity contribution in [2.45, 2.75) is 32.6 Å². The van der Waals surface area contributed by atoms with Gasteiger partial charge in [-0.25, -0.2) is 0 Å². The zero-order chi connectivity index (χ0) is 11.4. The highest BCUT2D eigenvalue weighted by Gasteiger charge is 2.13. The molecule has 0 saturated heterocycles. The van der Waals surface area contributed by atoms with Gasteiger partial charge < -0.3 is 10.8 Å². The van der Waals surface area contributed by atoms with E-state index in [0.29, 0.717) is 18.2 Å². The van der Waals surface area contributed by atoms with Crippen LogP contribution in [0, 0.1) is 0 Å². The summed E-state index contributed by atoms with van der Waals surface area (Å²) in [7, 11) is 0. The number of phenols is 1. The maximum Gasteiger partial charge on any atom is 0.133 e. The molecule has 84 valence electrons. The van der Waals surface area contributed by atoms with Crippen LogP contribution in [0.1, 0.15) is 37.3 Å². The molecule has 3 heteroatoms. The van der Waals surface area contributed by atoms with Crippen molar-refractivity contribution < 1.29 is 5.11 Å². The molecule has 0 amide bonds. The fraction of sp³-hybridized carbons (Fsp3) is 0.500. The zero-order valence-electron chi connectivity index (χ0n) is 9.26. The molecule has 2 nitrogen and oxygen atoms in total. The van der Waals surface area contributed by atoms with E-state index in [4.69, 9.17) is 5.73 Å². The minimum atomic E-state index is 0.304. The van der Waals surface area contributed by atoms with E-state index in [1.165, 1.54) is 5.56 Å². The fourth-order valence-electron chi connectivity index (χ4n) is 1.66. The number of phenolic OH excluding ortho intramolecular Hbond substituents is 1. The predicted molar refractivity (Wildman–Crippen MR) is 67.3 cm³/mol. The van der Waals surface area contributed by atoms with Crippen LogP contribution < -0.4 is 5.73 Å². The molecule has 0 aromatic heterocycles. The lowest BCUT2D eigenvalue weighted by atomic mass is 9.94. The summed E-state index contributed by atoms with van der Waals surface area (Å²) in [6.45, 7) is 4.85. The molecular weight excluding hydrogens is 254 g/mol. The molecule has 1 aromatic carbocycles. The number of halogens is 1. The zero-order valence-corrected chi connectivity index (χ0v) is 10.8. The van der Waals surface area contributed by atoms with Crippen molar-refractivity contribution in [1.29, 1.82) is 0 Å². The second-order valence-corrected chi connectivity index (χ2v) is 4.70. The third kappa shape index (κ3) is 2.95. The molecule has 0 fully saturated rings. The van der Waals surface area contributed by atoms with Crippen LogP contribution in [0.25, 0.3) is 0 Å². The van der Waals surface area contributed by atoms with Crippen LogP contribution >= 0.6 is 15.9 Å². The van der Waals surface area contributed by atoms with Crippen LogP contribution in [0.4, 0.5) is 0 Å². The van der Waals surface area contributed by atoms with Gasteiger partial charge in [-0.2, -0.15) is 0 Å². The molecule has 3 N–H and O–H groups in total. The van der Waals surface area contributed by atoms with Gasteiger partial charge in [-0.3, -0.25) is 0 Å². The summed E-state index contributed by atoms with van der Waals surface area (Å²) in [4.78, 5) is 0. The molecule has 1 unspecified atom stereocenters. The minimum absolute atomic E-state index is 0.304. The molecule has 0 bridgehead atoms. The van der Waals surface area contributed by atoms with Crippen molar-refractivity contribution in [3.05, 3.63) is 27.7 Å². The number of hydrogen-bond acceptors (Lipinski definition) is 2. The number of aromatic hydroxyl groups is 1. The van der Waals surface area contributed by atoms with Gasteiger partial charge in [0.15, 0.2) is 0 Å². The van der Waals surface area contributed by atoms with Crippen molar-refractivity contribution in [2.75, 3.05) is 6.54 Å². The van der Waals surface area contributed by atoms with Gasteiger partial charge >= 0.3 is 0 Å². The number of aryl methyl sites for hydroxylation is 1. The van der Waals surface area contributed by atoms with Crippen LogP contribution in [0.15, 0.2) is 16.6 Å². The van der Waals surface area contributed by atoms with E-state index >= 15 is 0 Å². The third-order valence-corrected chi connectivity index (χ3v) is 3.30. The predicted octanol–water partition coefficient (Wildman–Crippen LogP) is 3.17. The van der Waals surface area contributed by atoms with E-state index in [1.54, 1.807) is 0 Å². The summed E-state index contributed by atoms with van der Waals surface area (Å²) in [5.41, 5.74) is 7.76. The Morgan fingerprint density at radius 2 is 2.13 bits per heavy atom. The molecule has 1 rings (SSSR count). The van der Waals surface area contributed by atoms with Crippen molar-refractivity contribution >= 4 is 15.9 Å². The summed E-state index contributed by atoms with van der Waals surface area (Å²) in [6.07, 6.45) is 1.87. The molecule has 0 radical (unpaired) electrons. The Morgan fingerprint density at radius 1 is 1.47 bits per heavy atom. The second-order valence-electron chi connectivity index (χ2n) is 3.85. The number of benzene rings is 1. The van der Waals surface area contributed by atoms with Gasteiger partial charge in [0.2, 0.25) is 0 Å². The van der Waals surface area contributed by atoms with Gasteiger partial charge in [0.1, 0.15) is 5.75 Å². The van der Waals surface area contributed by atoms with Crippen molar-refractivity contribution in [3.63, 3.8) is 0 Å². The highest BCUT2D eigenvalue weighted by atomic mass is 79.9. The topological polar surface area (TPSA) is 46.2 Å². The summed E-state index contributed by atoms with van der Waals surface area (Å²) in [5, 5.41) is 9.93. The van der Waals surface area contributed by atoms with Crippen molar-refractivity contribution in [2.24, 2.45) is 5.73 Å². The highest BCUT2D eigenvalue weighted by Crippen LogP contribution is 2.35. The molecule has 0 saturated carbocycles. The lowest BCUT2D eigenvalue weighted by Crippen LogP contribution is -2.05. The second kappa shape index (κ2) is 5.52. The third-order valence-electron chi connectivity index (χ3n) is 2.69. The summed E-state index contributed by atoms with van der Waals surface area (Å²) in [6, 6.07) is 4.04. The number of hydrogen-bond donors (Lipinski definition) is 2. The lowest BCUT2D eigenvalue weighted by molar-refractivity contribution is 0.457. The van der Waals surface area contributed by atoms with Gasteiger partial charge in [-0.05, 0) is 58.4 Å². The summed E-state index contributed by atoms with van der Waals surface area (Å²) < 4.78 is 0.778. The van der Waals surface area contributed by atoms with Gasteiger partial charge in [-0.1, -0.05) is 19.9 Å². The van der Waals surface area contributed by atoms with E-state index in [1.807, 2.05) is 6.07 Å². The first-order valence-electron chi connectivity index (χ1n) is 5.31. The standard InChI is InChI=1S/C12H18BrNO/c1-3-9-6-10(8(2)4-5-14)12(15)11(13)7-9/h6-8,15H,3-5,14H2,1-2H3. The largest absolute Gasteiger partial charge is 0.506 e. The molecule has 0 heterocycles. The SMILES string of the molecule is CCc1cc(Br)c(O)c(C(C)CCN)c1. The molecule has 0 aliphatic carbocycles. The summed E-state index contributed by atoms with van der Waals surface area (Å²) >= 11 is 3.38. The molecule has 0 spiro atoms. The van der Waals surface area contributed by atoms with Gasteiger partial charge in [0.05, 0.1) is 4.47 Å². The number of nitrogens with two attached hydrogens (primary N) is 1. The van der Waals surface area contributed by atoms with E-state index in [-0.39, 0.29) is 0 Å². The Kier molecular flexibility index (Phi) is 4.61. The van der Waals surface area contributed by atoms with E-state index in [0.717, 1.165) is 22.9 Å². The fourth-order valence-corrected chi connectivity index (χ4v) is 2.19. The van der Waals surface area contributed by atoms with Crippen LogP contribution in [0.3, 0.4) is 0 Å². The Balaban J connectivity index is 3.09. The quantitative estimate of drug-likeness (QED) is 0.884. The molecule has 1 atom stereocenters. The first-order chi connectivity index (χ1) is 7.10. The molecule has 0 aliphatic heterocycles. The monoisotopic (exact) mass is 271 g/mol. The van der Waals surface area contributed by atoms with E-state index < -0.39 is 0 Å². The molecule has 0 aliphatic rings. The van der Waals surface area contributed by atoms with Crippen molar-refractivity contribution in [1.82, 2.24) is 0 Å². The Morgan fingerprint density at radius 3 is 2.67 bits per heavy atom. The normalized spacial score (nSPS) is 12.8. The van der Waals surface area contributed by atoms with Gasteiger partial charge in [0.25, 0.3) is 0 Å². The average Bonchev–Trinajstić information content (AvgIpc) is 2.22. The van der Waals surface area contributed by atoms with Crippen molar-refractivity contribution in [3.8, 4) is 5.75 Å². The van der Waals surface area contributed by atoms with Crippen LogP contribution in [0.2, 0.25) is 0 Å². The number of rotatable bonds is 4. The Hall–Kier alpha value is -0.540. The van der Waals surface area contributed by atoms with E-state index in [9.17, 15) is 5.11 Å². The minimum Gasteiger partial charge on any atom is -0.506 e.